The summed E-state index contributed by atoms with van der Waals surface area (Å²) in [5.74, 6) is -0.200. The van der Waals surface area contributed by atoms with Crippen molar-refractivity contribution < 1.29 is 9.53 Å². The Morgan fingerprint density at radius 2 is 1.19 bits per heavy atom. The van der Waals surface area contributed by atoms with E-state index in [1.807, 2.05) is 12.1 Å². The standard InChI is InChI=1S/C29H34O2/c1-2-3-4-5-6-7-8-9-10-11-21-31-29(30)26-20-18-24-16-15-22-13-12-14-23-17-19-25(26)28(24)27(22)23/h12-20H,2-11,21H2,1H3. The van der Waals surface area contributed by atoms with E-state index in [0.29, 0.717) is 12.2 Å². The lowest BCUT2D eigenvalue weighted by atomic mass is 9.92. The highest BCUT2D eigenvalue weighted by Crippen LogP contribution is 2.36. The lowest BCUT2D eigenvalue weighted by Crippen LogP contribution is -2.07. The molecule has 0 amide bonds. The molecule has 162 valence electrons. The summed E-state index contributed by atoms with van der Waals surface area (Å²) in [6, 6.07) is 18.8. The molecule has 0 bridgehead atoms. The Labute approximate surface area is 185 Å². The number of hydrogen-bond donors (Lipinski definition) is 0. The molecule has 0 atom stereocenters. The third-order valence-corrected chi connectivity index (χ3v) is 6.48. The molecular weight excluding hydrogens is 380 g/mol. The fourth-order valence-electron chi connectivity index (χ4n) is 4.75. The molecule has 0 spiro atoms. The maximum absolute atomic E-state index is 12.8. The predicted molar refractivity (Wildman–Crippen MR) is 132 cm³/mol. The highest BCUT2D eigenvalue weighted by molar-refractivity contribution is 6.25. The number of esters is 1. The molecule has 0 heterocycles. The summed E-state index contributed by atoms with van der Waals surface area (Å²) < 4.78 is 5.65. The molecule has 0 saturated carbocycles. The second-order valence-corrected chi connectivity index (χ2v) is 8.79. The molecule has 0 unspecified atom stereocenters. The third kappa shape index (κ3) is 5.01. The Morgan fingerprint density at radius 1 is 0.645 bits per heavy atom. The molecule has 4 rings (SSSR count). The van der Waals surface area contributed by atoms with Crippen LogP contribution in [0.1, 0.15) is 81.5 Å². The van der Waals surface area contributed by atoms with E-state index in [1.165, 1.54) is 78.3 Å². The first-order valence-corrected chi connectivity index (χ1v) is 12.1. The van der Waals surface area contributed by atoms with Gasteiger partial charge in [0.15, 0.2) is 0 Å². The highest BCUT2D eigenvalue weighted by atomic mass is 16.5. The number of unbranched alkanes of at least 4 members (excludes halogenated alkanes) is 9. The molecule has 0 radical (unpaired) electrons. The normalized spacial score (nSPS) is 11.6. The van der Waals surface area contributed by atoms with Gasteiger partial charge in [-0.05, 0) is 44.8 Å². The first-order chi connectivity index (χ1) is 15.3. The fourth-order valence-corrected chi connectivity index (χ4v) is 4.75. The topological polar surface area (TPSA) is 26.3 Å². The average molecular weight is 415 g/mol. The first-order valence-electron chi connectivity index (χ1n) is 12.1. The van der Waals surface area contributed by atoms with Crippen molar-refractivity contribution in [3.63, 3.8) is 0 Å². The molecule has 31 heavy (non-hydrogen) atoms. The largest absolute Gasteiger partial charge is 0.462 e. The highest BCUT2D eigenvalue weighted by Gasteiger charge is 2.15. The zero-order chi connectivity index (χ0) is 21.5. The van der Waals surface area contributed by atoms with E-state index in [1.54, 1.807) is 0 Å². The van der Waals surface area contributed by atoms with Crippen LogP contribution in [0.4, 0.5) is 0 Å². The number of hydrogen-bond acceptors (Lipinski definition) is 2. The molecule has 0 aliphatic heterocycles. The van der Waals surface area contributed by atoms with Crippen molar-refractivity contribution in [1.29, 1.82) is 0 Å². The number of ether oxygens (including phenoxy) is 1. The van der Waals surface area contributed by atoms with Crippen molar-refractivity contribution in [1.82, 2.24) is 0 Å². The van der Waals surface area contributed by atoms with E-state index >= 15 is 0 Å². The van der Waals surface area contributed by atoms with Crippen LogP contribution in [0.25, 0.3) is 32.3 Å². The van der Waals surface area contributed by atoms with Gasteiger partial charge >= 0.3 is 5.97 Å². The zero-order valence-corrected chi connectivity index (χ0v) is 18.8. The molecule has 2 nitrogen and oxygen atoms in total. The SMILES string of the molecule is CCCCCCCCCCCCOC(=O)c1ccc2ccc3cccc4ccc1c2c34. The summed E-state index contributed by atoms with van der Waals surface area (Å²) in [6.45, 7) is 2.77. The molecular formula is C29H34O2. The number of rotatable bonds is 12. The van der Waals surface area contributed by atoms with Gasteiger partial charge in [0.05, 0.1) is 12.2 Å². The Kier molecular flexibility index (Phi) is 7.40. The lowest BCUT2D eigenvalue weighted by Gasteiger charge is -2.13. The summed E-state index contributed by atoms with van der Waals surface area (Å²) in [5, 5.41) is 7.00. The summed E-state index contributed by atoms with van der Waals surface area (Å²) in [4.78, 5) is 12.8. The van der Waals surface area contributed by atoms with E-state index in [9.17, 15) is 4.79 Å². The van der Waals surface area contributed by atoms with Gasteiger partial charge in [0.25, 0.3) is 0 Å². The van der Waals surface area contributed by atoms with Crippen molar-refractivity contribution in [2.75, 3.05) is 6.61 Å². The van der Waals surface area contributed by atoms with Crippen LogP contribution in [0, 0.1) is 0 Å². The van der Waals surface area contributed by atoms with Gasteiger partial charge in [-0.1, -0.05) is 113 Å². The molecule has 0 fully saturated rings. The van der Waals surface area contributed by atoms with Crippen LogP contribution in [0.2, 0.25) is 0 Å². The van der Waals surface area contributed by atoms with Crippen LogP contribution in [0.5, 0.6) is 0 Å². The van der Waals surface area contributed by atoms with Crippen molar-refractivity contribution >= 4 is 38.3 Å². The van der Waals surface area contributed by atoms with Crippen LogP contribution in [0.15, 0.2) is 54.6 Å². The second-order valence-electron chi connectivity index (χ2n) is 8.79. The van der Waals surface area contributed by atoms with E-state index < -0.39 is 0 Å². The minimum Gasteiger partial charge on any atom is -0.462 e. The molecule has 0 aromatic heterocycles. The molecule has 0 N–H and O–H groups in total. The Balaban J connectivity index is 1.31. The van der Waals surface area contributed by atoms with E-state index in [4.69, 9.17) is 4.74 Å². The van der Waals surface area contributed by atoms with Crippen LogP contribution in [0.3, 0.4) is 0 Å². The molecule has 0 aliphatic rings. The first kappa shape index (κ1) is 21.6. The third-order valence-electron chi connectivity index (χ3n) is 6.48. The number of carbonyl (C=O) groups is 1. The van der Waals surface area contributed by atoms with Crippen LogP contribution >= 0.6 is 0 Å². The smallest absolute Gasteiger partial charge is 0.338 e. The molecule has 4 aromatic rings. The van der Waals surface area contributed by atoms with Gasteiger partial charge in [0.1, 0.15) is 0 Å². The van der Waals surface area contributed by atoms with Crippen molar-refractivity contribution in [3.05, 3.63) is 60.2 Å². The second kappa shape index (κ2) is 10.6. The van der Waals surface area contributed by atoms with Gasteiger partial charge in [-0.15, -0.1) is 0 Å². The maximum atomic E-state index is 12.8. The average Bonchev–Trinajstić information content (AvgIpc) is 2.80. The van der Waals surface area contributed by atoms with E-state index in [-0.39, 0.29) is 5.97 Å². The monoisotopic (exact) mass is 414 g/mol. The fraction of sp³-hybridized carbons (Fsp3) is 0.414. The number of carbonyl (C=O) groups excluding carboxylic acids is 1. The predicted octanol–water partition coefficient (Wildman–Crippen LogP) is 8.66. The minimum atomic E-state index is -0.200. The zero-order valence-electron chi connectivity index (χ0n) is 18.8. The van der Waals surface area contributed by atoms with Crippen molar-refractivity contribution in [3.8, 4) is 0 Å². The van der Waals surface area contributed by atoms with Gasteiger partial charge < -0.3 is 4.74 Å². The van der Waals surface area contributed by atoms with Crippen LogP contribution in [-0.2, 0) is 4.74 Å². The van der Waals surface area contributed by atoms with Crippen LogP contribution in [-0.4, -0.2) is 12.6 Å². The summed E-state index contributed by atoms with van der Waals surface area (Å²) in [6.07, 6.45) is 12.8. The van der Waals surface area contributed by atoms with Gasteiger partial charge in [-0.2, -0.15) is 0 Å². The van der Waals surface area contributed by atoms with Crippen LogP contribution < -0.4 is 0 Å². The summed E-state index contributed by atoms with van der Waals surface area (Å²) >= 11 is 0. The minimum absolute atomic E-state index is 0.200. The lowest BCUT2D eigenvalue weighted by molar-refractivity contribution is 0.0500. The number of benzene rings is 4. The Morgan fingerprint density at radius 3 is 1.87 bits per heavy atom. The van der Waals surface area contributed by atoms with Gasteiger partial charge in [-0.3, -0.25) is 0 Å². The Hall–Kier alpha value is -2.61. The van der Waals surface area contributed by atoms with Gasteiger partial charge in [0, 0.05) is 0 Å². The van der Waals surface area contributed by atoms with Gasteiger partial charge in [-0.25, -0.2) is 4.79 Å². The van der Waals surface area contributed by atoms with Crippen molar-refractivity contribution in [2.45, 2.75) is 71.1 Å². The van der Waals surface area contributed by atoms with E-state index in [0.717, 1.165) is 18.2 Å². The summed E-state index contributed by atoms with van der Waals surface area (Å²) in [5.41, 5.74) is 0.679. The molecule has 4 aromatic carbocycles. The van der Waals surface area contributed by atoms with Crippen molar-refractivity contribution in [2.24, 2.45) is 0 Å². The summed E-state index contributed by atoms with van der Waals surface area (Å²) in [7, 11) is 0. The molecule has 0 saturated heterocycles. The molecule has 2 heteroatoms. The van der Waals surface area contributed by atoms with Gasteiger partial charge in [0.2, 0.25) is 0 Å². The maximum Gasteiger partial charge on any atom is 0.338 e. The quantitative estimate of drug-likeness (QED) is 0.132. The van der Waals surface area contributed by atoms with E-state index in [2.05, 4.69) is 49.4 Å². The Bertz CT molecular complexity index is 1110. The molecule has 0 aliphatic carbocycles.